The van der Waals surface area contributed by atoms with Gasteiger partial charge in [-0.15, -0.1) is 0 Å². The Hall–Kier alpha value is -3.80. The van der Waals surface area contributed by atoms with Crippen LogP contribution in [-0.4, -0.2) is 80.0 Å². The molecule has 0 saturated heterocycles. The van der Waals surface area contributed by atoms with Gasteiger partial charge in [0.1, 0.15) is 5.75 Å². The molecular weight excluding hydrogens is 471 g/mol. The highest BCUT2D eigenvalue weighted by Gasteiger charge is 2.38. The highest BCUT2D eigenvalue weighted by Crippen LogP contribution is 2.25. The summed E-state index contributed by atoms with van der Waals surface area (Å²) in [6, 6.07) is 11.7. The first-order valence-corrected chi connectivity index (χ1v) is 10.3. The van der Waals surface area contributed by atoms with E-state index in [2.05, 4.69) is 5.32 Å². The number of carbonyl (C=O) groups is 3. The smallest absolute Gasteiger partial charge is 0.490 e. The van der Waals surface area contributed by atoms with Gasteiger partial charge in [0.25, 0.3) is 5.91 Å². The molecule has 12 heteroatoms. The minimum Gasteiger partial charge on any atom is -0.497 e. The minimum absolute atomic E-state index is 0.160. The number of ether oxygens (including phenoxy) is 1. The summed E-state index contributed by atoms with van der Waals surface area (Å²) < 4.78 is 36.8. The molecule has 0 saturated carbocycles. The molecule has 0 aliphatic rings. The largest absolute Gasteiger partial charge is 0.497 e. The average molecular weight is 499 g/mol. The number of hydrogen-bond donors (Lipinski definition) is 3. The number of anilines is 2. The Labute approximate surface area is 200 Å². The molecule has 9 nitrogen and oxygen atoms in total. The van der Waals surface area contributed by atoms with Crippen molar-refractivity contribution in [3.05, 3.63) is 53.6 Å². The van der Waals surface area contributed by atoms with E-state index >= 15 is 0 Å². The number of carboxylic acid groups (broad SMARTS) is 2. The van der Waals surface area contributed by atoms with Gasteiger partial charge >= 0.3 is 18.1 Å². The maximum atomic E-state index is 12.4. The number of carbonyl (C=O) groups excluding carboxylic acids is 1. The molecule has 192 valence electrons. The van der Waals surface area contributed by atoms with Crippen LogP contribution in [0.25, 0.3) is 0 Å². The number of nitrogens with one attached hydrogen (secondary N) is 1. The van der Waals surface area contributed by atoms with Gasteiger partial charge in [0.05, 0.1) is 18.4 Å². The number of amides is 1. The van der Waals surface area contributed by atoms with E-state index in [4.69, 9.17) is 14.6 Å². The molecule has 0 aromatic heterocycles. The van der Waals surface area contributed by atoms with Crippen LogP contribution in [0.3, 0.4) is 0 Å². The number of methoxy groups -OCH3 is 1. The van der Waals surface area contributed by atoms with Gasteiger partial charge in [-0.3, -0.25) is 4.79 Å². The predicted octanol–water partition coefficient (Wildman–Crippen LogP) is 3.67. The number of benzene rings is 2. The van der Waals surface area contributed by atoms with Crippen LogP contribution in [0.4, 0.5) is 24.5 Å². The average Bonchev–Trinajstić information content (AvgIpc) is 2.79. The van der Waals surface area contributed by atoms with Crippen LogP contribution in [0, 0.1) is 0 Å². The Balaban J connectivity index is 0.000000762. The van der Waals surface area contributed by atoms with Gasteiger partial charge in [0.2, 0.25) is 0 Å². The van der Waals surface area contributed by atoms with Gasteiger partial charge in [-0.1, -0.05) is 0 Å². The first-order valence-electron chi connectivity index (χ1n) is 10.3. The van der Waals surface area contributed by atoms with Crippen LogP contribution in [0.15, 0.2) is 42.5 Å². The van der Waals surface area contributed by atoms with E-state index in [0.29, 0.717) is 35.8 Å². The molecule has 0 fully saturated rings. The molecular formula is C23H28F3N3O6. The lowest BCUT2D eigenvalue weighted by Crippen LogP contribution is -2.32. The normalized spacial score (nSPS) is 10.7. The number of carboxylic acids is 2. The first kappa shape index (κ1) is 29.2. The predicted molar refractivity (Wildman–Crippen MR) is 124 cm³/mol. The second kappa shape index (κ2) is 13.2. The van der Waals surface area contributed by atoms with Crippen molar-refractivity contribution >= 4 is 29.2 Å². The molecule has 2 rings (SSSR count). The van der Waals surface area contributed by atoms with Crippen molar-refractivity contribution in [2.24, 2.45) is 0 Å². The molecule has 0 aliphatic carbocycles. The third-order valence-electron chi connectivity index (χ3n) is 4.62. The van der Waals surface area contributed by atoms with Crippen LogP contribution in [0.1, 0.15) is 27.6 Å². The summed E-state index contributed by atoms with van der Waals surface area (Å²) in [6.45, 7) is 4.19. The summed E-state index contributed by atoms with van der Waals surface area (Å²) in [4.78, 5) is 37.2. The number of halogens is 3. The Morgan fingerprint density at radius 2 is 1.57 bits per heavy atom. The molecule has 35 heavy (non-hydrogen) atoms. The van der Waals surface area contributed by atoms with Crippen LogP contribution in [0.5, 0.6) is 5.75 Å². The number of aromatic carboxylic acids is 1. The molecule has 2 aromatic rings. The Morgan fingerprint density at radius 1 is 1.00 bits per heavy atom. The van der Waals surface area contributed by atoms with E-state index in [1.54, 1.807) is 43.5 Å². The third kappa shape index (κ3) is 9.53. The zero-order valence-electron chi connectivity index (χ0n) is 19.7. The molecule has 2 aromatic carbocycles. The monoisotopic (exact) mass is 499 g/mol. The van der Waals surface area contributed by atoms with Crippen molar-refractivity contribution in [2.45, 2.75) is 13.1 Å². The van der Waals surface area contributed by atoms with E-state index < -0.39 is 18.1 Å². The maximum absolute atomic E-state index is 12.4. The van der Waals surface area contributed by atoms with Crippen molar-refractivity contribution in [1.29, 1.82) is 0 Å². The molecule has 0 radical (unpaired) electrons. The quantitative estimate of drug-likeness (QED) is 0.478. The lowest BCUT2D eigenvalue weighted by molar-refractivity contribution is -0.192. The lowest BCUT2D eigenvalue weighted by Gasteiger charge is -2.26. The molecule has 1 amide bonds. The van der Waals surface area contributed by atoms with Crippen molar-refractivity contribution in [2.75, 3.05) is 51.1 Å². The number of rotatable bonds is 9. The summed E-state index contributed by atoms with van der Waals surface area (Å²) in [5.41, 5.74) is 1.70. The Bertz CT molecular complexity index is 1010. The highest BCUT2D eigenvalue weighted by atomic mass is 19.4. The minimum atomic E-state index is -5.08. The van der Waals surface area contributed by atoms with Crippen molar-refractivity contribution in [3.63, 3.8) is 0 Å². The second-order valence-corrected chi connectivity index (χ2v) is 7.41. The number of aliphatic carboxylic acids is 1. The summed E-state index contributed by atoms with van der Waals surface area (Å²) >= 11 is 0. The number of nitrogens with zero attached hydrogens (tertiary/aromatic N) is 2. The van der Waals surface area contributed by atoms with Crippen molar-refractivity contribution in [3.8, 4) is 5.75 Å². The summed E-state index contributed by atoms with van der Waals surface area (Å²) in [6.07, 6.45) is -5.08. The van der Waals surface area contributed by atoms with E-state index in [1.807, 2.05) is 30.8 Å². The molecule has 3 N–H and O–H groups in total. The molecule has 0 spiro atoms. The van der Waals surface area contributed by atoms with E-state index in [9.17, 15) is 27.9 Å². The van der Waals surface area contributed by atoms with Gasteiger partial charge in [-0.05, 0) is 63.5 Å². The molecule has 0 atom stereocenters. The SMILES string of the molecule is CCN(CCN(C)C)c1ccc(NC(=O)c2ccc(OC)cc2)cc1C(=O)O.O=C(O)C(F)(F)F. The van der Waals surface area contributed by atoms with Gasteiger partial charge in [-0.2, -0.15) is 13.2 Å². The lowest BCUT2D eigenvalue weighted by atomic mass is 10.1. The highest BCUT2D eigenvalue weighted by molar-refractivity contribution is 6.05. The zero-order chi connectivity index (χ0) is 26.8. The fraction of sp³-hybridized carbons (Fsp3) is 0.348. The van der Waals surface area contributed by atoms with E-state index in [1.165, 1.54) is 6.07 Å². The van der Waals surface area contributed by atoms with Crippen LogP contribution in [0.2, 0.25) is 0 Å². The Kier molecular flexibility index (Phi) is 11.0. The van der Waals surface area contributed by atoms with Crippen LogP contribution >= 0.6 is 0 Å². The van der Waals surface area contributed by atoms with E-state index in [-0.39, 0.29) is 11.5 Å². The summed E-state index contributed by atoms with van der Waals surface area (Å²) in [5, 5.41) is 19.5. The maximum Gasteiger partial charge on any atom is 0.490 e. The van der Waals surface area contributed by atoms with Crippen molar-refractivity contribution in [1.82, 2.24) is 4.90 Å². The Morgan fingerprint density at radius 3 is 2.00 bits per heavy atom. The van der Waals surface area contributed by atoms with Crippen molar-refractivity contribution < 1.29 is 42.5 Å². The summed E-state index contributed by atoms with van der Waals surface area (Å²) in [7, 11) is 5.51. The third-order valence-corrected chi connectivity index (χ3v) is 4.62. The van der Waals surface area contributed by atoms with Gasteiger partial charge in [-0.25, -0.2) is 9.59 Å². The molecule has 0 heterocycles. The fourth-order valence-electron chi connectivity index (χ4n) is 2.78. The first-order chi connectivity index (χ1) is 16.3. The van der Waals surface area contributed by atoms with Crippen LogP contribution in [-0.2, 0) is 4.79 Å². The fourth-order valence-corrected chi connectivity index (χ4v) is 2.78. The number of likely N-dealkylation sites (N-methyl/N-ethyl adjacent to an activating group) is 2. The molecule has 0 bridgehead atoms. The van der Waals surface area contributed by atoms with Gasteiger partial charge in [0, 0.05) is 30.9 Å². The topological polar surface area (TPSA) is 119 Å². The zero-order valence-corrected chi connectivity index (χ0v) is 19.7. The van der Waals surface area contributed by atoms with Crippen LogP contribution < -0.4 is 15.0 Å². The number of alkyl halides is 3. The standard InChI is InChI=1S/C21H27N3O4.C2HF3O2/c1-5-24(13-12-23(2)3)19-11-8-16(14-18(19)21(26)27)22-20(25)15-6-9-17(28-4)10-7-15;3-2(4,5)1(6)7/h6-11,14H,5,12-13H2,1-4H3,(H,22,25)(H,26,27);(H,6,7). The molecule has 0 aliphatic heterocycles. The molecule has 0 unspecified atom stereocenters. The van der Waals surface area contributed by atoms with Gasteiger partial charge < -0.3 is 30.1 Å². The summed E-state index contributed by atoms with van der Waals surface area (Å²) in [5.74, 6) is -3.44. The van der Waals surface area contributed by atoms with Gasteiger partial charge in [0.15, 0.2) is 0 Å². The number of hydrogen-bond acceptors (Lipinski definition) is 6. The van der Waals surface area contributed by atoms with E-state index in [0.717, 1.165) is 6.54 Å². The second-order valence-electron chi connectivity index (χ2n) is 7.41.